The summed E-state index contributed by atoms with van der Waals surface area (Å²) in [5, 5.41) is 0.901. The average Bonchev–Trinajstić information content (AvgIpc) is 2.83. The zero-order chi connectivity index (χ0) is 21.4. The molecule has 0 aliphatic carbocycles. The molecule has 156 valence electrons. The highest BCUT2D eigenvalue weighted by molar-refractivity contribution is 8.01. The standard InChI is InChI=1S/C23H32BClO2SSi/c1-22(2)23(3,4)27-24(26-22)21(28-19-15-13-18(25)14-16-19)20(29(5,6)7)17-11-9-8-10-12-17/h8-16,20-21H,1-7H3/t20-,21+/m0/s1. The molecule has 0 saturated carbocycles. The maximum atomic E-state index is 6.57. The molecular formula is C23H32BClO2SSi. The summed E-state index contributed by atoms with van der Waals surface area (Å²) in [6.45, 7) is 15.8. The summed E-state index contributed by atoms with van der Waals surface area (Å²) in [5.41, 5.74) is 1.04. The average molecular weight is 447 g/mol. The van der Waals surface area contributed by atoms with Crippen molar-refractivity contribution < 1.29 is 9.31 Å². The molecule has 29 heavy (non-hydrogen) atoms. The highest BCUT2D eigenvalue weighted by Crippen LogP contribution is 2.47. The lowest BCUT2D eigenvalue weighted by Gasteiger charge is -2.37. The van der Waals surface area contributed by atoms with E-state index in [9.17, 15) is 0 Å². The number of hydrogen-bond donors (Lipinski definition) is 0. The van der Waals surface area contributed by atoms with E-state index < -0.39 is 8.07 Å². The normalized spacial score (nSPS) is 20.5. The molecule has 0 unspecified atom stereocenters. The highest BCUT2D eigenvalue weighted by atomic mass is 35.5. The van der Waals surface area contributed by atoms with Gasteiger partial charge in [-0.25, -0.2) is 0 Å². The number of hydrogen-bond acceptors (Lipinski definition) is 3. The van der Waals surface area contributed by atoms with Crippen LogP contribution in [0.4, 0.5) is 0 Å². The van der Waals surface area contributed by atoms with E-state index in [1.54, 1.807) is 0 Å². The monoisotopic (exact) mass is 446 g/mol. The van der Waals surface area contributed by atoms with E-state index in [0.717, 1.165) is 5.02 Å². The predicted octanol–water partition coefficient (Wildman–Crippen LogP) is 7.09. The first-order chi connectivity index (χ1) is 13.4. The quantitative estimate of drug-likeness (QED) is 0.348. The van der Waals surface area contributed by atoms with Crippen molar-refractivity contribution in [2.24, 2.45) is 0 Å². The summed E-state index contributed by atoms with van der Waals surface area (Å²) in [6.07, 6.45) is 0. The van der Waals surface area contributed by atoms with Gasteiger partial charge in [-0.2, -0.15) is 0 Å². The van der Waals surface area contributed by atoms with E-state index in [-0.39, 0.29) is 23.5 Å². The first kappa shape index (κ1) is 23.0. The summed E-state index contributed by atoms with van der Waals surface area (Å²) in [6, 6.07) is 19.0. The summed E-state index contributed by atoms with van der Waals surface area (Å²) >= 11 is 7.98. The van der Waals surface area contributed by atoms with Crippen LogP contribution in [0.1, 0.15) is 38.8 Å². The molecular weight excluding hydrogens is 415 g/mol. The summed E-state index contributed by atoms with van der Waals surface area (Å²) in [5.74, 6) is 0. The zero-order valence-corrected chi connectivity index (χ0v) is 21.1. The third kappa shape index (κ3) is 5.13. The first-order valence-corrected chi connectivity index (χ1v) is 15.1. The summed E-state index contributed by atoms with van der Waals surface area (Å²) < 4.78 is 13.1. The van der Waals surface area contributed by atoms with Crippen molar-refractivity contribution in [3.63, 3.8) is 0 Å². The molecule has 1 aliphatic rings. The van der Waals surface area contributed by atoms with Crippen molar-refractivity contribution in [2.75, 3.05) is 0 Å². The van der Waals surface area contributed by atoms with E-state index in [4.69, 9.17) is 20.9 Å². The Balaban J connectivity index is 2.04. The SMILES string of the molecule is CC1(C)OB([C@H](Sc2ccc(Cl)cc2)[C@H](c2ccccc2)[Si](C)(C)C)OC1(C)C. The Hall–Kier alpha value is -0.718. The number of halogens is 1. The van der Waals surface area contributed by atoms with Crippen LogP contribution < -0.4 is 0 Å². The molecule has 1 aliphatic heterocycles. The Bertz CT molecular complexity index is 805. The Morgan fingerprint density at radius 1 is 0.862 bits per heavy atom. The molecule has 2 aromatic rings. The van der Waals surface area contributed by atoms with Gasteiger partial charge in [0, 0.05) is 15.1 Å². The van der Waals surface area contributed by atoms with Crippen LogP contribution in [0.2, 0.25) is 24.7 Å². The van der Waals surface area contributed by atoms with Crippen LogP contribution in [-0.2, 0) is 9.31 Å². The van der Waals surface area contributed by atoms with Crippen molar-refractivity contribution in [1.29, 1.82) is 0 Å². The van der Waals surface area contributed by atoms with Crippen LogP contribution in [0.15, 0.2) is 59.5 Å². The molecule has 2 nitrogen and oxygen atoms in total. The Kier molecular flexibility index (Phi) is 6.67. The molecule has 1 fully saturated rings. The number of benzene rings is 2. The molecule has 0 amide bonds. The maximum Gasteiger partial charge on any atom is 0.472 e. The zero-order valence-electron chi connectivity index (χ0n) is 18.5. The summed E-state index contributed by atoms with van der Waals surface area (Å²) in [4.78, 5) is 1.19. The van der Waals surface area contributed by atoms with Crippen molar-refractivity contribution in [2.45, 2.75) is 74.1 Å². The molecule has 0 spiro atoms. The van der Waals surface area contributed by atoms with Gasteiger partial charge in [-0.1, -0.05) is 61.6 Å². The molecule has 0 bridgehead atoms. The maximum absolute atomic E-state index is 6.57. The van der Waals surface area contributed by atoms with Crippen molar-refractivity contribution in [1.82, 2.24) is 0 Å². The van der Waals surface area contributed by atoms with Gasteiger partial charge in [-0.15, -0.1) is 11.8 Å². The van der Waals surface area contributed by atoms with Gasteiger partial charge in [0.15, 0.2) is 0 Å². The first-order valence-electron chi connectivity index (χ1n) is 10.2. The van der Waals surface area contributed by atoms with Crippen LogP contribution in [0.5, 0.6) is 0 Å². The Morgan fingerprint density at radius 3 is 1.86 bits per heavy atom. The Morgan fingerprint density at radius 2 is 1.38 bits per heavy atom. The third-order valence-electron chi connectivity index (χ3n) is 6.05. The van der Waals surface area contributed by atoms with Gasteiger partial charge in [0.2, 0.25) is 0 Å². The van der Waals surface area contributed by atoms with E-state index in [2.05, 4.69) is 89.8 Å². The molecule has 0 N–H and O–H groups in total. The fraction of sp³-hybridized carbons (Fsp3) is 0.478. The molecule has 2 aromatic carbocycles. The van der Waals surface area contributed by atoms with Crippen LogP contribution in [0.3, 0.4) is 0 Å². The van der Waals surface area contributed by atoms with Crippen LogP contribution in [0, 0.1) is 0 Å². The fourth-order valence-corrected chi connectivity index (χ4v) is 8.83. The number of rotatable bonds is 6. The third-order valence-corrected chi connectivity index (χ3v) is 10.4. The summed E-state index contributed by atoms with van der Waals surface area (Å²) in [7, 11) is -1.90. The molecule has 3 rings (SSSR count). The lowest BCUT2D eigenvalue weighted by atomic mass is 9.80. The van der Waals surface area contributed by atoms with Crippen molar-refractivity contribution >= 4 is 38.6 Å². The van der Waals surface area contributed by atoms with E-state index in [1.165, 1.54) is 10.5 Å². The minimum atomic E-state index is -1.62. The Labute approximate surface area is 186 Å². The second kappa shape index (κ2) is 8.43. The van der Waals surface area contributed by atoms with Crippen LogP contribution >= 0.6 is 23.4 Å². The molecule has 0 aromatic heterocycles. The second-order valence-corrected chi connectivity index (χ2v) is 17.0. The van der Waals surface area contributed by atoms with Gasteiger partial charge in [-0.3, -0.25) is 0 Å². The molecule has 6 heteroatoms. The van der Waals surface area contributed by atoms with Gasteiger partial charge >= 0.3 is 7.12 Å². The van der Waals surface area contributed by atoms with Gasteiger partial charge in [0.25, 0.3) is 0 Å². The van der Waals surface area contributed by atoms with Crippen LogP contribution in [-0.4, -0.2) is 31.5 Å². The topological polar surface area (TPSA) is 18.5 Å². The van der Waals surface area contributed by atoms with E-state index in [1.807, 2.05) is 23.9 Å². The lowest BCUT2D eigenvalue weighted by Crippen LogP contribution is -2.46. The van der Waals surface area contributed by atoms with E-state index >= 15 is 0 Å². The van der Waals surface area contributed by atoms with Crippen LogP contribution in [0.25, 0.3) is 0 Å². The van der Waals surface area contributed by atoms with E-state index in [0.29, 0.717) is 5.54 Å². The largest absolute Gasteiger partial charge is 0.472 e. The highest BCUT2D eigenvalue weighted by Gasteiger charge is 2.56. The van der Waals surface area contributed by atoms with Gasteiger partial charge in [0.05, 0.1) is 19.3 Å². The minimum Gasteiger partial charge on any atom is -0.402 e. The van der Waals surface area contributed by atoms with Gasteiger partial charge < -0.3 is 9.31 Å². The molecule has 2 atom stereocenters. The van der Waals surface area contributed by atoms with Crippen molar-refractivity contribution in [3.05, 3.63) is 65.2 Å². The molecule has 1 heterocycles. The second-order valence-electron chi connectivity index (χ2n) is 9.92. The fourth-order valence-electron chi connectivity index (χ4n) is 3.82. The smallest absolute Gasteiger partial charge is 0.402 e. The molecule has 0 radical (unpaired) electrons. The minimum absolute atomic E-state index is 0.145. The van der Waals surface area contributed by atoms with Crippen molar-refractivity contribution in [3.8, 4) is 0 Å². The predicted molar refractivity (Wildman–Crippen MR) is 130 cm³/mol. The number of thioether (sulfide) groups is 1. The molecule has 1 saturated heterocycles. The lowest BCUT2D eigenvalue weighted by molar-refractivity contribution is 0.00578. The van der Waals surface area contributed by atoms with Gasteiger partial charge in [0.1, 0.15) is 0 Å². The van der Waals surface area contributed by atoms with Gasteiger partial charge in [-0.05, 0) is 63.1 Å².